The first-order chi connectivity index (χ1) is 12.9. The van der Waals surface area contributed by atoms with Crippen molar-refractivity contribution in [2.45, 2.75) is 33.6 Å². The molecule has 0 saturated heterocycles. The lowest BCUT2D eigenvalue weighted by molar-refractivity contribution is -0.122. The minimum atomic E-state index is -0.289. The highest BCUT2D eigenvalue weighted by molar-refractivity contribution is 5.91. The molecule has 0 aliphatic heterocycles. The first kappa shape index (κ1) is 20.3. The van der Waals surface area contributed by atoms with Gasteiger partial charge in [-0.25, -0.2) is 0 Å². The Labute approximate surface area is 159 Å². The van der Waals surface area contributed by atoms with Crippen molar-refractivity contribution in [1.29, 1.82) is 0 Å². The first-order valence-corrected chi connectivity index (χ1v) is 8.93. The number of furan rings is 1. The molecule has 1 aromatic carbocycles. The molecule has 0 aliphatic carbocycles. The Kier molecular flexibility index (Phi) is 7.23. The fourth-order valence-corrected chi connectivity index (χ4v) is 2.35. The van der Waals surface area contributed by atoms with Gasteiger partial charge >= 0.3 is 0 Å². The summed E-state index contributed by atoms with van der Waals surface area (Å²) < 4.78 is 10.9. The molecule has 0 radical (unpaired) electrons. The Balaban J connectivity index is 1.67. The van der Waals surface area contributed by atoms with Gasteiger partial charge in [-0.3, -0.25) is 9.59 Å². The Bertz CT molecular complexity index is 823. The fourth-order valence-electron chi connectivity index (χ4n) is 2.35. The third-order valence-corrected chi connectivity index (χ3v) is 4.11. The number of aryl methyl sites for hydroxylation is 3. The summed E-state index contributed by atoms with van der Waals surface area (Å²) >= 11 is 0. The van der Waals surface area contributed by atoms with E-state index in [4.69, 9.17) is 9.15 Å². The van der Waals surface area contributed by atoms with Crippen LogP contribution < -0.4 is 15.4 Å². The van der Waals surface area contributed by atoms with Crippen LogP contribution in [0.25, 0.3) is 0 Å². The molecule has 2 N–H and O–H groups in total. The maximum absolute atomic E-state index is 11.9. The number of rotatable bonds is 9. The summed E-state index contributed by atoms with van der Waals surface area (Å²) in [6.07, 6.45) is 1.16. The molecule has 0 bridgehead atoms. The molecule has 144 valence electrons. The predicted octanol–water partition coefficient (Wildman–Crippen LogP) is 3.29. The largest absolute Gasteiger partial charge is 0.484 e. The topological polar surface area (TPSA) is 80.6 Å². The molecule has 0 atom stereocenters. The van der Waals surface area contributed by atoms with Gasteiger partial charge in [-0.1, -0.05) is 19.6 Å². The Morgan fingerprint density at radius 2 is 1.93 bits per heavy atom. The van der Waals surface area contributed by atoms with Crippen molar-refractivity contribution in [3.63, 3.8) is 0 Å². The minimum absolute atomic E-state index is 0.0972. The Morgan fingerprint density at radius 3 is 2.59 bits per heavy atom. The number of hydrogen-bond donors (Lipinski definition) is 2. The second-order valence-corrected chi connectivity index (χ2v) is 6.31. The summed E-state index contributed by atoms with van der Waals surface area (Å²) in [5.74, 6) is 1.12. The molecule has 27 heavy (non-hydrogen) atoms. The molecule has 2 amide bonds. The Hall–Kier alpha value is -3.02. The number of benzene rings is 1. The van der Waals surface area contributed by atoms with Gasteiger partial charge in [-0.05, 0) is 49.2 Å². The molecule has 0 saturated carbocycles. The third-order valence-electron chi connectivity index (χ3n) is 4.11. The normalized spacial score (nSPS) is 10.3. The molecule has 0 unspecified atom stereocenters. The summed E-state index contributed by atoms with van der Waals surface area (Å²) in [4.78, 5) is 23.9. The monoisotopic (exact) mass is 370 g/mol. The van der Waals surface area contributed by atoms with Gasteiger partial charge in [0.25, 0.3) is 11.8 Å². The van der Waals surface area contributed by atoms with E-state index in [-0.39, 0.29) is 24.2 Å². The molecule has 0 spiro atoms. The highest BCUT2D eigenvalue weighted by Crippen LogP contribution is 2.16. The quantitative estimate of drug-likeness (QED) is 0.710. The lowest BCUT2D eigenvalue weighted by atomic mass is 10.1. The number of carbonyl (C=O) groups excluding carboxylic acids is 2. The van der Waals surface area contributed by atoms with E-state index in [1.54, 1.807) is 12.1 Å². The Morgan fingerprint density at radius 1 is 1.15 bits per heavy atom. The van der Waals surface area contributed by atoms with Crippen LogP contribution in [-0.2, 0) is 11.2 Å². The van der Waals surface area contributed by atoms with Gasteiger partial charge in [0.1, 0.15) is 11.5 Å². The van der Waals surface area contributed by atoms with Gasteiger partial charge in [-0.15, -0.1) is 0 Å². The van der Waals surface area contributed by atoms with Gasteiger partial charge in [-0.2, -0.15) is 0 Å². The second-order valence-electron chi connectivity index (χ2n) is 6.31. The summed E-state index contributed by atoms with van der Waals surface area (Å²) in [5, 5.41) is 5.40. The molecule has 0 aliphatic rings. The van der Waals surface area contributed by atoms with Crippen LogP contribution in [0.4, 0.5) is 0 Å². The number of ether oxygens (including phenoxy) is 1. The van der Waals surface area contributed by atoms with E-state index in [1.807, 2.05) is 39.0 Å². The van der Waals surface area contributed by atoms with Crippen LogP contribution in [-0.4, -0.2) is 25.0 Å². The van der Waals surface area contributed by atoms with Crippen LogP contribution in [0.15, 0.2) is 47.0 Å². The van der Waals surface area contributed by atoms with Crippen LogP contribution in [0, 0.1) is 13.8 Å². The number of amides is 2. The molecular formula is C21H26N2O4. The average Bonchev–Trinajstić information content (AvgIpc) is 3.12. The van der Waals surface area contributed by atoms with Crippen LogP contribution in [0.1, 0.15) is 40.8 Å². The van der Waals surface area contributed by atoms with Crippen molar-refractivity contribution >= 4 is 11.8 Å². The summed E-state index contributed by atoms with van der Waals surface area (Å²) in [5.41, 5.74) is 2.79. The number of hydrogen-bond acceptors (Lipinski definition) is 4. The SMILES string of the molecule is C=C(CCNC(=O)c1ccc(CC)o1)NC(=O)COc1ccc(C)c(C)c1. The molecule has 2 aromatic rings. The average molecular weight is 370 g/mol. The summed E-state index contributed by atoms with van der Waals surface area (Å²) in [7, 11) is 0. The molecular weight excluding hydrogens is 344 g/mol. The zero-order valence-electron chi connectivity index (χ0n) is 16.1. The van der Waals surface area contributed by atoms with Crippen LogP contribution in [0.3, 0.4) is 0 Å². The lowest BCUT2D eigenvalue weighted by Gasteiger charge is -2.11. The first-order valence-electron chi connectivity index (χ1n) is 8.93. The predicted molar refractivity (Wildman–Crippen MR) is 104 cm³/mol. The zero-order valence-corrected chi connectivity index (χ0v) is 16.1. The third kappa shape index (κ3) is 6.33. The van der Waals surface area contributed by atoms with Crippen molar-refractivity contribution < 1.29 is 18.7 Å². The van der Waals surface area contributed by atoms with Crippen LogP contribution in [0.2, 0.25) is 0 Å². The summed E-state index contributed by atoms with van der Waals surface area (Å²) in [6, 6.07) is 9.11. The highest BCUT2D eigenvalue weighted by Gasteiger charge is 2.10. The molecule has 2 rings (SSSR count). The number of carbonyl (C=O) groups is 2. The number of nitrogens with one attached hydrogen (secondary N) is 2. The summed E-state index contributed by atoms with van der Waals surface area (Å²) in [6.45, 7) is 10.0. The van der Waals surface area contributed by atoms with E-state index in [1.165, 1.54) is 5.56 Å². The van der Waals surface area contributed by atoms with E-state index < -0.39 is 0 Å². The van der Waals surface area contributed by atoms with Crippen molar-refractivity contribution in [3.8, 4) is 5.75 Å². The second kappa shape index (κ2) is 9.62. The lowest BCUT2D eigenvalue weighted by Crippen LogP contribution is -2.30. The van der Waals surface area contributed by atoms with Crippen molar-refractivity contribution in [2.24, 2.45) is 0 Å². The maximum Gasteiger partial charge on any atom is 0.287 e. The standard InChI is InChI=1S/C21H26N2O4/c1-5-17-8-9-19(27-17)21(25)22-11-10-16(4)23-20(24)13-26-18-7-6-14(2)15(3)12-18/h6-9,12H,4-5,10-11,13H2,1-3H3,(H,22,25)(H,23,24). The molecule has 1 heterocycles. The van der Waals surface area contributed by atoms with E-state index in [0.29, 0.717) is 24.4 Å². The van der Waals surface area contributed by atoms with Gasteiger partial charge in [0.05, 0.1) is 0 Å². The van der Waals surface area contributed by atoms with E-state index in [2.05, 4.69) is 17.2 Å². The molecule has 6 heteroatoms. The van der Waals surface area contributed by atoms with Crippen LogP contribution in [0.5, 0.6) is 5.75 Å². The maximum atomic E-state index is 11.9. The molecule has 1 aromatic heterocycles. The van der Waals surface area contributed by atoms with E-state index in [0.717, 1.165) is 17.7 Å². The minimum Gasteiger partial charge on any atom is -0.484 e. The van der Waals surface area contributed by atoms with Gasteiger partial charge in [0.15, 0.2) is 12.4 Å². The molecule has 0 fully saturated rings. The van der Waals surface area contributed by atoms with Gasteiger partial charge in [0, 0.05) is 25.1 Å². The van der Waals surface area contributed by atoms with Crippen molar-refractivity contribution in [3.05, 3.63) is 65.3 Å². The van der Waals surface area contributed by atoms with E-state index in [9.17, 15) is 9.59 Å². The van der Waals surface area contributed by atoms with Crippen molar-refractivity contribution in [2.75, 3.05) is 13.2 Å². The smallest absolute Gasteiger partial charge is 0.287 e. The fraction of sp³-hybridized carbons (Fsp3) is 0.333. The molecule has 6 nitrogen and oxygen atoms in total. The van der Waals surface area contributed by atoms with Crippen molar-refractivity contribution in [1.82, 2.24) is 10.6 Å². The van der Waals surface area contributed by atoms with Gasteiger partial charge < -0.3 is 19.8 Å². The zero-order chi connectivity index (χ0) is 19.8. The van der Waals surface area contributed by atoms with Crippen LogP contribution >= 0.6 is 0 Å². The van der Waals surface area contributed by atoms with Gasteiger partial charge in [0.2, 0.25) is 0 Å². The van der Waals surface area contributed by atoms with E-state index >= 15 is 0 Å². The highest BCUT2D eigenvalue weighted by atomic mass is 16.5.